The summed E-state index contributed by atoms with van der Waals surface area (Å²) < 4.78 is 0. The summed E-state index contributed by atoms with van der Waals surface area (Å²) in [6, 6.07) is 12.4. The predicted octanol–water partition coefficient (Wildman–Crippen LogP) is 4.29. The lowest BCUT2D eigenvalue weighted by atomic mass is 9.97. The van der Waals surface area contributed by atoms with Crippen molar-refractivity contribution >= 4 is 17.1 Å². The Hall–Kier alpha value is -1.49. The minimum atomic E-state index is -0.557. The zero-order valence-corrected chi connectivity index (χ0v) is 16.1. The minimum absolute atomic E-state index is 0.0232. The Morgan fingerprint density at radius 3 is 2.60 bits per heavy atom. The van der Waals surface area contributed by atoms with Crippen LogP contribution in [0.5, 0.6) is 0 Å². The van der Waals surface area contributed by atoms with Crippen LogP contribution in [0.4, 0.5) is 0 Å². The van der Waals surface area contributed by atoms with Gasteiger partial charge in [-0.15, -0.1) is 11.3 Å². The average Bonchev–Trinajstić information content (AvgIpc) is 2.99. The molecule has 0 saturated heterocycles. The fourth-order valence-electron chi connectivity index (χ4n) is 2.77. The van der Waals surface area contributed by atoms with Crippen LogP contribution in [0.2, 0.25) is 0 Å². The smallest absolute Gasteiger partial charge is 0.172 e. The number of benzene rings is 1. The standard InChI is InChI=1S/C21H29NO2S/c1-16-14-20(25-19(16)12-13-21(2,22)15-23)18(24)11-7-6-10-17-8-4-3-5-9-17/h3-5,8-9,14,23H,6-7,10-13,15,22H2,1-2H3/t21-/m1/s1. The van der Waals surface area contributed by atoms with Crippen molar-refractivity contribution in [2.24, 2.45) is 5.73 Å². The second-order valence-electron chi connectivity index (χ2n) is 7.14. The molecule has 2 aromatic rings. The molecule has 0 radical (unpaired) electrons. The molecule has 3 nitrogen and oxygen atoms in total. The molecule has 0 aliphatic carbocycles. The number of rotatable bonds is 10. The van der Waals surface area contributed by atoms with Crippen LogP contribution in [0.15, 0.2) is 36.4 Å². The van der Waals surface area contributed by atoms with Crippen LogP contribution >= 0.6 is 11.3 Å². The Kier molecular flexibility index (Phi) is 7.36. The zero-order chi connectivity index (χ0) is 18.3. The number of thiophene rings is 1. The molecule has 0 spiro atoms. The van der Waals surface area contributed by atoms with E-state index < -0.39 is 5.54 Å². The topological polar surface area (TPSA) is 63.3 Å². The Morgan fingerprint density at radius 2 is 1.92 bits per heavy atom. The number of ketones is 1. The highest BCUT2D eigenvalue weighted by molar-refractivity contribution is 7.14. The van der Waals surface area contributed by atoms with E-state index >= 15 is 0 Å². The van der Waals surface area contributed by atoms with E-state index in [-0.39, 0.29) is 12.4 Å². The van der Waals surface area contributed by atoms with Crippen LogP contribution in [0.1, 0.15) is 58.3 Å². The molecule has 136 valence electrons. The number of Topliss-reactive ketones (excluding diaryl/α,β-unsaturated/α-hetero) is 1. The summed E-state index contributed by atoms with van der Waals surface area (Å²) in [4.78, 5) is 14.5. The van der Waals surface area contributed by atoms with Gasteiger partial charge in [0.25, 0.3) is 0 Å². The van der Waals surface area contributed by atoms with E-state index in [2.05, 4.69) is 24.3 Å². The quantitative estimate of drug-likeness (QED) is 0.491. The molecule has 0 aliphatic rings. The number of aryl methyl sites for hydroxylation is 3. The maximum Gasteiger partial charge on any atom is 0.172 e. The first kappa shape index (κ1) is 19.8. The van der Waals surface area contributed by atoms with Gasteiger partial charge in [0, 0.05) is 16.8 Å². The molecule has 0 aliphatic heterocycles. The Bertz CT molecular complexity index is 676. The van der Waals surface area contributed by atoms with Gasteiger partial charge in [0.15, 0.2) is 5.78 Å². The van der Waals surface area contributed by atoms with Gasteiger partial charge < -0.3 is 10.8 Å². The van der Waals surface area contributed by atoms with Crippen molar-refractivity contribution in [3.8, 4) is 0 Å². The van der Waals surface area contributed by atoms with Gasteiger partial charge in [0.05, 0.1) is 11.5 Å². The molecule has 1 heterocycles. The molecular formula is C21H29NO2S. The molecule has 1 aromatic carbocycles. The van der Waals surface area contributed by atoms with Gasteiger partial charge in [-0.05, 0) is 63.1 Å². The average molecular weight is 360 g/mol. The van der Waals surface area contributed by atoms with E-state index in [1.807, 2.05) is 26.0 Å². The van der Waals surface area contributed by atoms with Crippen LogP contribution in [0.25, 0.3) is 0 Å². The third-order valence-corrected chi connectivity index (χ3v) is 5.88. The molecule has 3 N–H and O–H groups in total. The summed E-state index contributed by atoms with van der Waals surface area (Å²) in [7, 11) is 0. The van der Waals surface area contributed by atoms with Crippen molar-refractivity contribution in [3.63, 3.8) is 0 Å². The lowest BCUT2D eigenvalue weighted by Gasteiger charge is -2.21. The second-order valence-corrected chi connectivity index (χ2v) is 8.28. The molecular weight excluding hydrogens is 330 g/mol. The third kappa shape index (κ3) is 6.38. The largest absolute Gasteiger partial charge is 0.394 e. The highest BCUT2D eigenvalue weighted by Gasteiger charge is 2.19. The van der Waals surface area contributed by atoms with Gasteiger partial charge in [-0.25, -0.2) is 0 Å². The van der Waals surface area contributed by atoms with Gasteiger partial charge in [0.2, 0.25) is 0 Å². The molecule has 0 fully saturated rings. The second kappa shape index (κ2) is 9.27. The maximum atomic E-state index is 12.4. The van der Waals surface area contributed by atoms with E-state index in [0.717, 1.165) is 42.5 Å². The number of carbonyl (C=O) groups excluding carboxylic acids is 1. The summed E-state index contributed by atoms with van der Waals surface area (Å²) in [6.07, 6.45) is 5.12. The number of unbranched alkanes of at least 4 members (excludes halogenated alkanes) is 1. The Balaban J connectivity index is 1.80. The van der Waals surface area contributed by atoms with Crippen molar-refractivity contribution in [1.29, 1.82) is 0 Å². The van der Waals surface area contributed by atoms with Crippen LogP contribution in [-0.2, 0) is 12.8 Å². The molecule has 1 atom stereocenters. The summed E-state index contributed by atoms with van der Waals surface area (Å²) in [5.74, 6) is 0.241. The van der Waals surface area contributed by atoms with Crippen molar-refractivity contribution in [1.82, 2.24) is 0 Å². The molecule has 0 saturated carbocycles. The van der Waals surface area contributed by atoms with E-state index in [1.54, 1.807) is 11.3 Å². The number of aliphatic hydroxyl groups is 1. The molecule has 1 aromatic heterocycles. The molecule has 2 rings (SSSR count). The fraction of sp³-hybridized carbons (Fsp3) is 0.476. The van der Waals surface area contributed by atoms with Gasteiger partial charge in [-0.2, -0.15) is 0 Å². The van der Waals surface area contributed by atoms with Gasteiger partial charge in [0.1, 0.15) is 0 Å². The number of hydrogen-bond donors (Lipinski definition) is 2. The molecule has 25 heavy (non-hydrogen) atoms. The highest BCUT2D eigenvalue weighted by Crippen LogP contribution is 2.26. The minimum Gasteiger partial charge on any atom is -0.394 e. The summed E-state index contributed by atoms with van der Waals surface area (Å²) in [5, 5.41) is 9.26. The van der Waals surface area contributed by atoms with Gasteiger partial charge in [-0.3, -0.25) is 4.79 Å². The third-order valence-electron chi connectivity index (χ3n) is 4.54. The zero-order valence-electron chi connectivity index (χ0n) is 15.3. The first-order chi connectivity index (χ1) is 11.9. The monoisotopic (exact) mass is 359 g/mol. The van der Waals surface area contributed by atoms with Gasteiger partial charge >= 0.3 is 0 Å². The van der Waals surface area contributed by atoms with E-state index in [1.165, 1.54) is 10.4 Å². The van der Waals surface area contributed by atoms with Crippen LogP contribution in [0, 0.1) is 6.92 Å². The van der Waals surface area contributed by atoms with Crippen LogP contribution in [0.3, 0.4) is 0 Å². The fourth-order valence-corrected chi connectivity index (χ4v) is 3.91. The molecule has 4 heteroatoms. The highest BCUT2D eigenvalue weighted by atomic mass is 32.1. The number of nitrogens with two attached hydrogens (primary N) is 1. The van der Waals surface area contributed by atoms with Crippen molar-refractivity contribution < 1.29 is 9.90 Å². The SMILES string of the molecule is Cc1cc(C(=O)CCCCc2ccccc2)sc1CC[C@@](C)(N)CO. The first-order valence-corrected chi connectivity index (χ1v) is 9.79. The normalized spacial score (nSPS) is 13.6. The molecule has 0 amide bonds. The summed E-state index contributed by atoms with van der Waals surface area (Å²) in [6.45, 7) is 3.88. The lowest BCUT2D eigenvalue weighted by Crippen LogP contribution is -2.40. The van der Waals surface area contributed by atoms with E-state index in [9.17, 15) is 9.90 Å². The van der Waals surface area contributed by atoms with Crippen molar-refractivity contribution in [2.45, 2.75) is 57.9 Å². The predicted molar refractivity (Wildman–Crippen MR) is 105 cm³/mol. The molecule has 0 unspecified atom stereocenters. The number of hydrogen-bond acceptors (Lipinski definition) is 4. The number of carbonyl (C=O) groups is 1. The molecule has 0 bridgehead atoms. The lowest BCUT2D eigenvalue weighted by molar-refractivity contribution is 0.0983. The van der Waals surface area contributed by atoms with Crippen LogP contribution < -0.4 is 5.73 Å². The summed E-state index contributed by atoms with van der Waals surface area (Å²) in [5.41, 5.74) is 7.93. The maximum absolute atomic E-state index is 12.4. The Labute approximate surface area is 154 Å². The van der Waals surface area contributed by atoms with E-state index in [0.29, 0.717) is 6.42 Å². The van der Waals surface area contributed by atoms with Crippen LogP contribution in [-0.4, -0.2) is 23.0 Å². The van der Waals surface area contributed by atoms with Crippen molar-refractivity contribution in [3.05, 3.63) is 57.3 Å². The number of aliphatic hydroxyl groups excluding tert-OH is 1. The van der Waals surface area contributed by atoms with Gasteiger partial charge in [-0.1, -0.05) is 30.3 Å². The Morgan fingerprint density at radius 1 is 1.20 bits per heavy atom. The van der Waals surface area contributed by atoms with Crippen molar-refractivity contribution in [2.75, 3.05) is 6.61 Å². The first-order valence-electron chi connectivity index (χ1n) is 8.97. The summed E-state index contributed by atoms with van der Waals surface area (Å²) >= 11 is 1.59. The van der Waals surface area contributed by atoms with E-state index in [4.69, 9.17) is 5.73 Å².